The molecule has 6 nitrogen and oxygen atoms in total. The van der Waals surface area contributed by atoms with Crippen molar-refractivity contribution in [1.82, 2.24) is 19.9 Å². The molecular weight excluding hydrogens is 370 g/mol. The first-order valence-corrected chi connectivity index (χ1v) is 10.4. The Labute approximate surface area is 169 Å². The van der Waals surface area contributed by atoms with E-state index in [4.69, 9.17) is 15.5 Å². The van der Waals surface area contributed by atoms with Crippen molar-refractivity contribution in [3.05, 3.63) is 52.8 Å². The van der Waals surface area contributed by atoms with Crippen LogP contribution in [0.15, 0.2) is 36.5 Å². The average molecular weight is 396 g/mol. The normalized spacial score (nSPS) is 15.6. The Bertz CT molecular complexity index is 935. The van der Waals surface area contributed by atoms with Crippen molar-refractivity contribution in [3.8, 4) is 16.5 Å². The molecule has 0 radical (unpaired) electrons. The molecule has 0 unspecified atom stereocenters. The number of anilines is 1. The highest BCUT2D eigenvalue weighted by Gasteiger charge is 2.23. The average Bonchev–Trinajstić information content (AvgIpc) is 3.10. The summed E-state index contributed by atoms with van der Waals surface area (Å²) >= 11 is 1.72. The maximum Gasteiger partial charge on any atom is 0.258 e. The van der Waals surface area contributed by atoms with Crippen molar-refractivity contribution in [2.75, 3.05) is 25.9 Å². The van der Waals surface area contributed by atoms with Gasteiger partial charge in [0.2, 0.25) is 0 Å². The SMILES string of the molecule is Cc1nc(C2CCN(C)CC2)sc1-c1cnc(N)c(OCc2ccccc2)n1. The number of nitrogens with two attached hydrogens (primary N) is 1. The maximum atomic E-state index is 5.99. The van der Waals surface area contributed by atoms with E-state index in [9.17, 15) is 0 Å². The van der Waals surface area contributed by atoms with Crippen LogP contribution in [-0.4, -0.2) is 40.0 Å². The highest BCUT2D eigenvalue weighted by molar-refractivity contribution is 7.15. The van der Waals surface area contributed by atoms with Crippen LogP contribution in [0.1, 0.15) is 35.0 Å². The Morgan fingerprint density at radius 1 is 1.18 bits per heavy atom. The number of thiazole rings is 1. The molecule has 1 saturated heterocycles. The van der Waals surface area contributed by atoms with E-state index < -0.39 is 0 Å². The Morgan fingerprint density at radius 3 is 2.68 bits per heavy atom. The lowest BCUT2D eigenvalue weighted by Crippen LogP contribution is -2.29. The predicted octanol–water partition coefficient (Wildman–Crippen LogP) is 3.88. The van der Waals surface area contributed by atoms with Gasteiger partial charge in [-0.15, -0.1) is 11.3 Å². The van der Waals surface area contributed by atoms with Crippen LogP contribution >= 0.6 is 11.3 Å². The lowest BCUT2D eigenvalue weighted by atomic mass is 9.98. The number of rotatable bonds is 5. The third-order valence-electron chi connectivity index (χ3n) is 5.10. The van der Waals surface area contributed by atoms with E-state index in [1.165, 1.54) is 5.01 Å². The first-order valence-electron chi connectivity index (χ1n) is 9.55. The van der Waals surface area contributed by atoms with Gasteiger partial charge in [-0.25, -0.2) is 15.0 Å². The van der Waals surface area contributed by atoms with Crippen LogP contribution in [-0.2, 0) is 6.61 Å². The third kappa shape index (κ3) is 4.15. The van der Waals surface area contributed by atoms with Crippen molar-refractivity contribution < 1.29 is 4.74 Å². The van der Waals surface area contributed by atoms with E-state index in [1.54, 1.807) is 17.5 Å². The highest BCUT2D eigenvalue weighted by Crippen LogP contribution is 2.37. The number of hydrogen-bond acceptors (Lipinski definition) is 7. The van der Waals surface area contributed by atoms with E-state index in [0.29, 0.717) is 24.2 Å². The van der Waals surface area contributed by atoms with Gasteiger partial charge in [-0.1, -0.05) is 30.3 Å². The molecular formula is C21H25N5OS. The number of benzene rings is 1. The topological polar surface area (TPSA) is 77.2 Å². The standard InChI is InChI=1S/C21H25N5OS/c1-14-18(28-21(24-14)16-8-10-26(2)11-9-16)17-12-23-19(22)20(25-17)27-13-15-6-4-3-5-7-15/h3-7,12,16H,8-11,13H2,1-2H3,(H2,22,23). The molecule has 0 aliphatic carbocycles. The van der Waals surface area contributed by atoms with Crippen molar-refractivity contribution in [3.63, 3.8) is 0 Å². The van der Waals surface area contributed by atoms with Crippen LogP contribution < -0.4 is 10.5 Å². The zero-order valence-corrected chi connectivity index (χ0v) is 17.1. The van der Waals surface area contributed by atoms with Crippen molar-refractivity contribution in [2.45, 2.75) is 32.3 Å². The van der Waals surface area contributed by atoms with Gasteiger partial charge < -0.3 is 15.4 Å². The molecule has 1 aliphatic rings. The van der Waals surface area contributed by atoms with Gasteiger partial charge in [-0.3, -0.25) is 0 Å². The fraction of sp³-hybridized carbons (Fsp3) is 0.381. The summed E-state index contributed by atoms with van der Waals surface area (Å²) in [4.78, 5) is 17.2. The second-order valence-electron chi connectivity index (χ2n) is 7.26. The third-order valence-corrected chi connectivity index (χ3v) is 6.44. The lowest BCUT2D eigenvalue weighted by molar-refractivity contribution is 0.255. The summed E-state index contributed by atoms with van der Waals surface area (Å²) in [7, 11) is 2.18. The number of hydrogen-bond donors (Lipinski definition) is 1. The summed E-state index contributed by atoms with van der Waals surface area (Å²) in [5.74, 6) is 1.21. The number of likely N-dealkylation sites (tertiary alicyclic amines) is 1. The van der Waals surface area contributed by atoms with Crippen molar-refractivity contribution in [2.24, 2.45) is 0 Å². The van der Waals surface area contributed by atoms with Gasteiger partial charge in [0.15, 0.2) is 5.82 Å². The monoisotopic (exact) mass is 395 g/mol. The summed E-state index contributed by atoms with van der Waals surface area (Å²) in [6.45, 7) is 4.69. The fourth-order valence-electron chi connectivity index (χ4n) is 3.41. The molecule has 1 aliphatic heterocycles. The molecule has 28 heavy (non-hydrogen) atoms. The molecule has 1 fully saturated rings. The first kappa shape index (κ1) is 18.8. The Kier molecular flexibility index (Phi) is 5.54. The number of ether oxygens (including phenoxy) is 1. The van der Waals surface area contributed by atoms with Gasteiger partial charge in [0.25, 0.3) is 5.88 Å². The van der Waals surface area contributed by atoms with Gasteiger partial charge >= 0.3 is 0 Å². The molecule has 7 heteroatoms. The molecule has 0 spiro atoms. The Morgan fingerprint density at radius 2 is 1.93 bits per heavy atom. The second-order valence-corrected chi connectivity index (χ2v) is 8.29. The molecule has 3 aromatic rings. The molecule has 2 N–H and O–H groups in total. The minimum atomic E-state index is 0.303. The maximum absolute atomic E-state index is 5.99. The minimum absolute atomic E-state index is 0.303. The number of nitrogen functional groups attached to an aromatic ring is 1. The molecule has 0 bridgehead atoms. The van der Waals surface area contributed by atoms with Gasteiger partial charge in [-0.05, 0) is 45.5 Å². The summed E-state index contributed by atoms with van der Waals surface area (Å²) in [6, 6.07) is 9.96. The van der Waals surface area contributed by atoms with Crippen LogP contribution in [0.25, 0.3) is 10.6 Å². The van der Waals surface area contributed by atoms with E-state index in [0.717, 1.165) is 47.8 Å². The van der Waals surface area contributed by atoms with E-state index >= 15 is 0 Å². The number of aromatic nitrogens is 3. The predicted molar refractivity (Wildman–Crippen MR) is 113 cm³/mol. The molecule has 3 heterocycles. The molecule has 0 amide bonds. The van der Waals surface area contributed by atoms with Crippen LogP contribution in [0.3, 0.4) is 0 Å². The largest absolute Gasteiger partial charge is 0.470 e. The minimum Gasteiger partial charge on any atom is -0.470 e. The molecule has 0 atom stereocenters. The van der Waals surface area contributed by atoms with E-state index in [2.05, 4.69) is 21.9 Å². The van der Waals surface area contributed by atoms with Crippen LogP contribution in [0.4, 0.5) is 5.82 Å². The number of nitrogens with zero attached hydrogens (tertiary/aromatic N) is 4. The summed E-state index contributed by atoms with van der Waals surface area (Å²) in [6.07, 6.45) is 4.02. The molecule has 2 aromatic heterocycles. The molecule has 1 aromatic carbocycles. The fourth-order valence-corrected chi connectivity index (χ4v) is 4.60. The van der Waals surface area contributed by atoms with Crippen LogP contribution in [0.5, 0.6) is 5.88 Å². The second kappa shape index (κ2) is 8.24. The number of aryl methyl sites for hydroxylation is 1. The van der Waals surface area contributed by atoms with E-state index in [1.807, 2.05) is 37.3 Å². The zero-order valence-electron chi connectivity index (χ0n) is 16.3. The molecule has 0 saturated carbocycles. The summed E-state index contributed by atoms with van der Waals surface area (Å²) in [5, 5.41) is 1.20. The van der Waals surface area contributed by atoms with Crippen LogP contribution in [0, 0.1) is 6.92 Å². The zero-order chi connectivity index (χ0) is 19.5. The summed E-state index contributed by atoms with van der Waals surface area (Å²) in [5.41, 5.74) is 8.81. The first-order chi connectivity index (χ1) is 13.6. The number of piperidine rings is 1. The smallest absolute Gasteiger partial charge is 0.258 e. The Balaban J connectivity index is 1.54. The van der Waals surface area contributed by atoms with Gasteiger partial charge in [0.1, 0.15) is 12.3 Å². The molecule has 146 valence electrons. The van der Waals surface area contributed by atoms with Crippen LogP contribution in [0.2, 0.25) is 0 Å². The van der Waals surface area contributed by atoms with Crippen molar-refractivity contribution in [1.29, 1.82) is 0 Å². The van der Waals surface area contributed by atoms with Gasteiger partial charge in [0, 0.05) is 5.92 Å². The lowest BCUT2D eigenvalue weighted by Gasteiger charge is -2.27. The van der Waals surface area contributed by atoms with E-state index in [-0.39, 0.29) is 0 Å². The molecule has 4 rings (SSSR count). The van der Waals surface area contributed by atoms with Gasteiger partial charge in [0.05, 0.1) is 21.8 Å². The van der Waals surface area contributed by atoms with Gasteiger partial charge in [-0.2, -0.15) is 0 Å². The highest BCUT2D eigenvalue weighted by atomic mass is 32.1. The Hall–Kier alpha value is -2.51. The quantitative estimate of drug-likeness (QED) is 0.706. The summed E-state index contributed by atoms with van der Waals surface area (Å²) < 4.78 is 5.84. The van der Waals surface area contributed by atoms with Crippen molar-refractivity contribution >= 4 is 17.2 Å².